The largest absolute Gasteiger partial charge is 0.456 e. The Balaban J connectivity index is 1.10. The molecular formula is C60H47BN2OS2. The first-order valence-corrected chi connectivity index (χ1v) is 25.3. The van der Waals surface area contributed by atoms with E-state index in [0.717, 1.165) is 11.2 Å². The molecule has 12 aromatic rings. The van der Waals surface area contributed by atoms with Gasteiger partial charge in [0.1, 0.15) is 11.2 Å². The summed E-state index contributed by atoms with van der Waals surface area (Å²) in [6.45, 7) is 16.5. The molecule has 2 aliphatic heterocycles. The van der Waals surface area contributed by atoms with Crippen LogP contribution in [0.3, 0.4) is 0 Å². The third-order valence-corrected chi connectivity index (χ3v) is 18.4. The quantitative estimate of drug-likeness (QED) is 0.153. The first kappa shape index (κ1) is 37.8. The van der Waals surface area contributed by atoms with E-state index in [2.05, 4.69) is 191 Å². The van der Waals surface area contributed by atoms with Gasteiger partial charge in [0.15, 0.2) is 0 Å². The van der Waals surface area contributed by atoms with Gasteiger partial charge in [-0.3, -0.25) is 0 Å². The predicted molar refractivity (Wildman–Crippen MR) is 287 cm³/mol. The standard InChI is InChI=1S/C60H47BN2OS2/c1-58(2,3)32-16-18-33(19-17-32)63-48-27-41-40-25-44-45(60(6,7)23-22-59(44,4)5)29-51(40)64-50(41)28-39(48)36-20-21-37-38-24-42-34-12-8-10-14-52(34)65-54(42)30-47(38)62-49-31-55-43(35-13-9-11-15-53(35)66-55)26-46(49)61(63)56(36)57(37)62/h8-21,24-31H,22-23H2,1-7H3. The summed E-state index contributed by atoms with van der Waals surface area (Å²) >= 11 is 3.82. The lowest BCUT2D eigenvalue weighted by atomic mass is 9.44. The maximum Gasteiger partial charge on any atom is 0.333 e. The second kappa shape index (κ2) is 12.4. The monoisotopic (exact) mass is 886 g/mol. The van der Waals surface area contributed by atoms with Crippen molar-refractivity contribution in [2.45, 2.75) is 77.6 Å². The maximum absolute atomic E-state index is 7.04. The van der Waals surface area contributed by atoms with Crippen LogP contribution in [0.5, 0.6) is 0 Å². The topological polar surface area (TPSA) is 21.3 Å². The Hall–Kier alpha value is -6.34. The molecule has 0 atom stereocenters. The van der Waals surface area contributed by atoms with E-state index in [0.29, 0.717) is 0 Å². The third kappa shape index (κ3) is 4.84. The van der Waals surface area contributed by atoms with Crippen LogP contribution in [0.25, 0.3) is 101 Å². The summed E-state index contributed by atoms with van der Waals surface area (Å²) in [5.74, 6) is 0. The Morgan fingerprint density at radius 3 is 1.88 bits per heavy atom. The molecule has 3 aliphatic rings. The Kier molecular flexibility index (Phi) is 7.08. The molecule has 15 rings (SSSR count). The number of benzene rings is 8. The molecule has 6 heterocycles. The van der Waals surface area contributed by atoms with Crippen molar-refractivity contribution in [3.63, 3.8) is 0 Å². The molecule has 6 heteroatoms. The fraction of sp³-hybridized carbons (Fsp3) is 0.200. The first-order chi connectivity index (χ1) is 31.8. The molecule has 0 fully saturated rings. The van der Waals surface area contributed by atoms with Crippen LogP contribution in [0.1, 0.15) is 78.0 Å². The van der Waals surface area contributed by atoms with Crippen molar-refractivity contribution in [1.82, 2.24) is 4.57 Å². The first-order valence-electron chi connectivity index (χ1n) is 23.6. The number of fused-ring (bicyclic) bond motifs is 18. The summed E-state index contributed by atoms with van der Waals surface area (Å²) in [6.07, 6.45) is 2.34. The van der Waals surface area contributed by atoms with Crippen molar-refractivity contribution in [3.8, 4) is 16.8 Å². The molecule has 4 aromatic heterocycles. The molecule has 0 amide bonds. The Labute approximate surface area is 392 Å². The molecule has 0 radical (unpaired) electrons. The van der Waals surface area contributed by atoms with E-state index in [1.807, 2.05) is 22.7 Å². The van der Waals surface area contributed by atoms with Gasteiger partial charge in [0.2, 0.25) is 0 Å². The van der Waals surface area contributed by atoms with Crippen LogP contribution >= 0.6 is 22.7 Å². The highest BCUT2D eigenvalue weighted by atomic mass is 32.1. The summed E-state index contributed by atoms with van der Waals surface area (Å²) < 4.78 is 15.0. The van der Waals surface area contributed by atoms with Gasteiger partial charge in [-0.1, -0.05) is 115 Å². The van der Waals surface area contributed by atoms with Crippen molar-refractivity contribution in [3.05, 3.63) is 150 Å². The van der Waals surface area contributed by atoms with Crippen molar-refractivity contribution < 1.29 is 4.42 Å². The fourth-order valence-corrected chi connectivity index (χ4v) is 14.8. The minimum atomic E-state index is -0.0865. The highest BCUT2D eigenvalue weighted by molar-refractivity contribution is 7.26. The highest BCUT2D eigenvalue weighted by Gasteiger charge is 2.45. The van der Waals surface area contributed by atoms with Gasteiger partial charge >= 0.3 is 6.85 Å². The third-order valence-electron chi connectivity index (χ3n) is 16.2. The molecule has 3 nitrogen and oxygen atoms in total. The van der Waals surface area contributed by atoms with Gasteiger partial charge in [-0.25, -0.2) is 0 Å². The smallest absolute Gasteiger partial charge is 0.333 e. The summed E-state index contributed by atoms with van der Waals surface area (Å²) in [4.78, 5) is 2.69. The Bertz CT molecular complexity index is 4170. The molecule has 0 N–H and O–H groups in total. The van der Waals surface area contributed by atoms with Crippen LogP contribution < -0.4 is 15.7 Å². The van der Waals surface area contributed by atoms with Crippen molar-refractivity contribution in [1.29, 1.82) is 0 Å². The van der Waals surface area contributed by atoms with E-state index in [1.54, 1.807) is 0 Å². The average Bonchev–Trinajstić information content (AvgIpc) is 4.05. The lowest BCUT2D eigenvalue weighted by Crippen LogP contribution is -2.60. The van der Waals surface area contributed by atoms with Crippen LogP contribution in [-0.4, -0.2) is 11.4 Å². The van der Waals surface area contributed by atoms with Gasteiger partial charge in [-0.15, -0.1) is 22.7 Å². The van der Waals surface area contributed by atoms with Crippen molar-refractivity contribution in [2.24, 2.45) is 0 Å². The van der Waals surface area contributed by atoms with Gasteiger partial charge in [0, 0.05) is 84.5 Å². The number of aromatic nitrogens is 1. The molecule has 1 aliphatic carbocycles. The van der Waals surface area contributed by atoms with Crippen LogP contribution in [0.4, 0.5) is 11.4 Å². The van der Waals surface area contributed by atoms with Crippen LogP contribution in [0, 0.1) is 0 Å². The lowest BCUT2D eigenvalue weighted by Gasteiger charge is -2.42. The zero-order valence-electron chi connectivity index (χ0n) is 38.3. The molecule has 0 spiro atoms. The fourth-order valence-electron chi connectivity index (χ4n) is 12.6. The number of furan rings is 1. The Morgan fingerprint density at radius 1 is 0.530 bits per heavy atom. The average molecular weight is 887 g/mol. The minimum absolute atomic E-state index is 0.0313. The van der Waals surface area contributed by atoms with Crippen molar-refractivity contribution >= 4 is 136 Å². The predicted octanol–water partition coefficient (Wildman–Crippen LogP) is 16.3. The summed E-state index contributed by atoms with van der Waals surface area (Å²) in [7, 11) is 0. The normalized spacial score (nSPS) is 16.2. The number of thiophene rings is 2. The second-order valence-electron chi connectivity index (χ2n) is 21.9. The number of nitrogens with zero attached hydrogens (tertiary/aromatic N) is 2. The number of rotatable bonds is 1. The lowest BCUT2D eigenvalue weighted by molar-refractivity contribution is 0.332. The molecule has 8 aromatic carbocycles. The SMILES string of the molecule is CC(C)(C)c1ccc(N2B3c4cc5c(cc4-n4c6cc7sc8ccccc8c7cc6c6ccc(c3c64)-c3cc4oc6cc7c(cc6c4cc32)C(C)(C)CCC7(C)C)sc2ccccc25)cc1. The molecule has 318 valence electrons. The number of hydrogen-bond donors (Lipinski definition) is 0. The highest BCUT2D eigenvalue weighted by Crippen LogP contribution is 2.52. The van der Waals surface area contributed by atoms with Crippen molar-refractivity contribution in [2.75, 3.05) is 4.81 Å². The van der Waals surface area contributed by atoms with Gasteiger partial charge in [0.05, 0.1) is 11.0 Å². The van der Waals surface area contributed by atoms with E-state index < -0.39 is 0 Å². The summed E-state index contributed by atoms with van der Waals surface area (Å²) in [5, 5.41) is 10.3. The van der Waals surface area contributed by atoms with E-state index in [1.165, 1.54) is 142 Å². The minimum Gasteiger partial charge on any atom is -0.456 e. The number of anilines is 2. The van der Waals surface area contributed by atoms with E-state index in [-0.39, 0.29) is 23.1 Å². The van der Waals surface area contributed by atoms with E-state index in [9.17, 15) is 0 Å². The summed E-state index contributed by atoms with van der Waals surface area (Å²) in [5.41, 5.74) is 17.8. The molecule has 0 bridgehead atoms. The van der Waals surface area contributed by atoms with Gasteiger partial charge < -0.3 is 13.8 Å². The molecule has 0 unspecified atom stereocenters. The Morgan fingerprint density at radius 2 is 1.17 bits per heavy atom. The summed E-state index contributed by atoms with van der Waals surface area (Å²) in [6, 6.07) is 52.0. The molecule has 0 saturated carbocycles. The van der Waals surface area contributed by atoms with Crippen LogP contribution in [-0.2, 0) is 16.2 Å². The molecule has 0 saturated heterocycles. The van der Waals surface area contributed by atoms with Gasteiger partial charge in [-0.05, 0) is 129 Å². The zero-order chi connectivity index (χ0) is 44.3. The van der Waals surface area contributed by atoms with Crippen LogP contribution in [0.2, 0.25) is 0 Å². The maximum atomic E-state index is 7.04. The van der Waals surface area contributed by atoms with E-state index >= 15 is 0 Å². The van der Waals surface area contributed by atoms with Gasteiger partial charge in [0.25, 0.3) is 0 Å². The number of hydrogen-bond acceptors (Lipinski definition) is 4. The van der Waals surface area contributed by atoms with E-state index in [4.69, 9.17) is 4.42 Å². The van der Waals surface area contributed by atoms with Crippen LogP contribution in [0.15, 0.2) is 138 Å². The zero-order valence-corrected chi connectivity index (χ0v) is 39.9. The molecular weight excluding hydrogens is 840 g/mol. The second-order valence-corrected chi connectivity index (χ2v) is 24.1. The van der Waals surface area contributed by atoms with Gasteiger partial charge in [-0.2, -0.15) is 0 Å². The molecule has 66 heavy (non-hydrogen) atoms.